The van der Waals surface area contributed by atoms with Gasteiger partial charge in [-0.2, -0.15) is 18.3 Å². The van der Waals surface area contributed by atoms with E-state index in [9.17, 15) is 18.0 Å². The summed E-state index contributed by atoms with van der Waals surface area (Å²) in [6.07, 6.45) is -2.83. The van der Waals surface area contributed by atoms with Crippen molar-refractivity contribution in [2.75, 3.05) is 0 Å². The normalized spacial score (nSPS) is 11.9. The van der Waals surface area contributed by atoms with Crippen LogP contribution in [0.5, 0.6) is 0 Å². The van der Waals surface area contributed by atoms with Crippen LogP contribution in [-0.4, -0.2) is 25.8 Å². The Labute approximate surface area is 168 Å². The van der Waals surface area contributed by atoms with Crippen molar-refractivity contribution in [2.24, 2.45) is 0 Å². The SMILES string of the molecule is Cc1nc(-c2ccc(C(F)(F)F)cc2)oc1Cn1ncc2cc(CC(=O)O)ccc21. The number of benzene rings is 2. The van der Waals surface area contributed by atoms with E-state index in [4.69, 9.17) is 9.52 Å². The predicted molar refractivity (Wildman–Crippen MR) is 102 cm³/mol. The van der Waals surface area contributed by atoms with E-state index in [1.54, 1.807) is 36.0 Å². The summed E-state index contributed by atoms with van der Waals surface area (Å²) in [7, 11) is 0. The van der Waals surface area contributed by atoms with Gasteiger partial charge in [0.15, 0.2) is 0 Å². The van der Waals surface area contributed by atoms with E-state index in [2.05, 4.69) is 10.1 Å². The van der Waals surface area contributed by atoms with Crippen LogP contribution in [0.15, 0.2) is 53.1 Å². The second-order valence-electron chi connectivity index (χ2n) is 6.87. The van der Waals surface area contributed by atoms with Gasteiger partial charge >= 0.3 is 12.1 Å². The van der Waals surface area contributed by atoms with Crippen LogP contribution in [-0.2, 0) is 23.9 Å². The molecule has 0 fully saturated rings. The fourth-order valence-corrected chi connectivity index (χ4v) is 3.18. The Hall–Kier alpha value is -3.62. The smallest absolute Gasteiger partial charge is 0.416 e. The Balaban J connectivity index is 1.59. The Morgan fingerprint density at radius 1 is 1.17 bits per heavy atom. The summed E-state index contributed by atoms with van der Waals surface area (Å²) in [5, 5.41) is 14.1. The minimum absolute atomic E-state index is 0.0706. The quantitative estimate of drug-likeness (QED) is 0.511. The molecule has 0 spiro atoms. The first-order valence-corrected chi connectivity index (χ1v) is 9.01. The van der Waals surface area contributed by atoms with Gasteiger partial charge in [-0.25, -0.2) is 4.98 Å². The first-order valence-electron chi connectivity index (χ1n) is 9.01. The van der Waals surface area contributed by atoms with Gasteiger partial charge in [0.1, 0.15) is 12.3 Å². The van der Waals surface area contributed by atoms with E-state index >= 15 is 0 Å². The summed E-state index contributed by atoms with van der Waals surface area (Å²) < 4.78 is 45.7. The maximum atomic E-state index is 12.7. The highest BCUT2D eigenvalue weighted by atomic mass is 19.4. The third kappa shape index (κ3) is 3.91. The highest BCUT2D eigenvalue weighted by Crippen LogP contribution is 2.31. The largest absolute Gasteiger partial charge is 0.481 e. The van der Waals surface area contributed by atoms with Crippen molar-refractivity contribution >= 4 is 16.9 Å². The van der Waals surface area contributed by atoms with Gasteiger partial charge in [-0.1, -0.05) is 6.07 Å². The van der Waals surface area contributed by atoms with Crippen LogP contribution in [0, 0.1) is 6.92 Å². The van der Waals surface area contributed by atoms with Crippen molar-refractivity contribution in [3.05, 3.63) is 71.2 Å². The molecule has 6 nitrogen and oxygen atoms in total. The number of carbonyl (C=O) groups is 1. The highest BCUT2D eigenvalue weighted by molar-refractivity contribution is 5.81. The van der Waals surface area contributed by atoms with Gasteiger partial charge in [-0.3, -0.25) is 9.48 Å². The summed E-state index contributed by atoms with van der Waals surface area (Å²) in [6.45, 7) is 2.03. The summed E-state index contributed by atoms with van der Waals surface area (Å²) >= 11 is 0. The Morgan fingerprint density at radius 3 is 2.57 bits per heavy atom. The Kier molecular flexibility index (Phi) is 4.81. The Morgan fingerprint density at radius 2 is 1.90 bits per heavy atom. The average molecular weight is 415 g/mol. The zero-order valence-corrected chi connectivity index (χ0v) is 15.8. The van der Waals surface area contributed by atoms with Crippen molar-refractivity contribution < 1.29 is 27.5 Å². The molecule has 9 heteroatoms. The molecule has 0 aliphatic carbocycles. The van der Waals surface area contributed by atoms with E-state index in [0.717, 1.165) is 23.0 Å². The van der Waals surface area contributed by atoms with Gasteiger partial charge < -0.3 is 9.52 Å². The Bertz CT molecular complexity index is 1220. The van der Waals surface area contributed by atoms with Crippen LogP contribution < -0.4 is 0 Å². The zero-order chi connectivity index (χ0) is 21.5. The first-order chi connectivity index (χ1) is 14.2. The molecule has 0 saturated carbocycles. The topological polar surface area (TPSA) is 81.2 Å². The fourth-order valence-electron chi connectivity index (χ4n) is 3.18. The number of hydrogen-bond donors (Lipinski definition) is 1. The van der Waals surface area contributed by atoms with Gasteiger partial charge in [0.05, 0.1) is 29.4 Å². The third-order valence-electron chi connectivity index (χ3n) is 4.71. The number of rotatable bonds is 5. The van der Waals surface area contributed by atoms with Crippen LogP contribution in [0.3, 0.4) is 0 Å². The van der Waals surface area contributed by atoms with Crippen molar-refractivity contribution in [2.45, 2.75) is 26.1 Å². The summed E-state index contributed by atoms with van der Waals surface area (Å²) in [4.78, 5) is 15.2. The number of aromatic nitrogens is 3. The molecule has 4 rings (SSSR count). The lowest BCUT2D eigenvalue weighted by Crippen LogP contribution is -2.03. The van der Waals surface area contributed by atoms with E-state index < -0.39 is 17.7 Å². The maximum absolute atomic E-state index is 12.7. The van der Waals surface area contributed by atoms with Gasteiger partial charge in [0.25, 0.3) is 0 Å². The van der Waals surface area contributed by atoms with Crippen LogP contribution >= 0.6 is 0 Å². The lowest BCUT2D eigenvalue weighted by molar-refractivity contribution is -0.138. The minimum Gasteiger partial charge on any atom is -0.481 e. The number of oxazole rings is 1. The molecule has 1 N–H and O–H groups in total. The minimum atomic E-state index is -4.40. The number of carboxylic acids is 1. The molecule has 0 amide bonds. The lowest BCUT2D eigenvalue weighted by atomic mass is 10.1. The van der Waals surface area contributed by atoms with Crippen LogP contribution in [0.2, 0.25) is 0 Å². The third-order valence-corrected chi connectivity index (χ3v) is 4.71. The molecule has 2 aromatic heterocycles. The van der Waals surface area contributed by atoms with Gasteiger partial charge in [-0.05, 0) is 48.9 Å². The number of fused-ring (bicyclic) bond motifs is 1. The molecule has 0 atom stereocenters. The monoisotopic (exact) mass is 415 g/mol. The molecule has 154 valence electrons. The molecule has 0 bridgehead atoms. The molecule has 0 saturated heterocycles. The average Bonchev–Trinajstić information content (AvgIpc) is 3.24. The first kappa shape index (κ1) is 19.7. The van der Waals surface area contributed by atoms with E-state index in [0.29, 0.717) is 22.6 Å². The standard InChI is InChI=1S/C21H16F3N3O3/c1-12-18(30-20(26-12)14-3-5-16(6-4-14)21(22,23)24)11-27-17-7-2-13(9-19(28)29)8-15(17)10-25-27/h2-8,10H,9,11H2,1H3,(H,28,29). The van der Waals surface area contributed by atoms with Gasteiger partial charge in [-0.15, -0.1) is 0 Å². The van der Waals surface area contributed by atoms with Crippen molar-refractivity contribution in [3.8, 4) is 11.5 Å². The number of carboxylic acid groups (broad SMARTS) is 1. The van der Waals surface area contributed by atoms with E-state index in [1.807, 2.05) is 0 Å². The van der Waals surface area contributed by atoms with Crippen LogP contribution in [0.1, 0.15) is 22.6 Å². The zero-order valence-electron chi connectivity index (χ0n) is 15.8. The van der Waals surface area contributed by atoms with E-state index in [1.165, 1.54) is 12.1 Å². The van der Waals surface area contributed by atoms with Crippen molar-refractivity contribution in [1.29, 1.82) is 0 Å². The van der Waals surface area contributed by atoms with E-state index in [-0.39, 0.29) is 18.9 Å². The number of alkyl halides is 3. The second kappa shape index (κ2) is 7.33. The number of nitrogens with zero attached hydrogens (tertiary/aromatic N) is 3. The maximum Gasteiger partial charge on any atom is 0.416 e. The molecule has 2 aromatic carbocycles. The predicted octanol–water partition coefficient (Wildman–Crippen LogP) is 4.69. The van der Waals surface area contributed by atoms with Crippen LogP contribution in [0.4, 0.5) is 13.2 Å². The fraction of sp³-hybridized carbons (Fsp3) is 0.190. The van der Waals surface area contributed by atoms with Crippen LogP contribution in [0.25, 0.3) is 22.4 Å². The summed E-state index contributed by atoms with van der Waals surface area (Å²) in [6, 6.07) is 9.93. The molecular formula is C21H16F3N3O3. The molecule has 0 unspecified atom stereocenters. The molecule has 30 heavy (non-hydrogen) atoms. The molecule has 0 aliphatic heterocycles. The lowest BCUT2D eigenvalue weighted by Gasteiger charge is -2.06. The number of aliphatic carboxylic acids is 1. The second-order valence-corrected chi connectivity index (χ2v) is 6.87. The summed E-state index contributed by atoms with van der Waals surface area (Å²) in [5.74, 6) is -0.143. The van der Waals surface area contributed by atoms with Gasteiger partial charge in [0, 0.05) is 10.9 Å². The number of hydrogen-bond acceptors (Lipinski definition) is 4. The molecule has 0 radical (unpaired) electrons. The molecular weight excluding hydrogens is 399 g/mol. The highest BCUT2D eigenvalue weighted by Gasteiger charge is 2.30. The van der Waals surface area contributed by atoms with Gasteiger partial charge in [0.2, 0.25) is 5.89 Å². The number of halogens is 3. The molecule has 0 aliphatic rings. The molecule has 4 aromatic rings. The van der Waals surface area contributed by atoms with Crippen molar-refractivity contribution in [1.82, 2.24) is 14.8 Å². The van der Waals surface area contributed by atoms with Crippen molar-refractivity contribution in [3.63, 3.8) is 0 Å². The number of aryl methyl sites for hydroxylation is 1. The molecule has 2 heterocycles. The summed E-state index contributed by atoms with van der Waals surface area (Å²) in [5.41, 5.74) is 1.79.